The van der Waals surface area contributed by atoms with Crippen molar-refractivity contribution in [2.24, 2.45) is 12.5 Å². The maximum absolute atomic E-state index is 13.1. The zero-order chi connectivity index (χ0) is 18.4. The smallest absolute Gasteiger partial charge is 0.289 e. The van der Waals surface area contributed by atoms with E-state index in [0.29, 0.717) is 0 Å². The molecule has 136 valence electrons. The van der Waals surface area contributed by atoms with Crippen LogP contribution >= 0.6 is 0 Å². The van der Waals surface area contributed by atoms with Crippen LogP contribution in [0.15, 0.2) is 11.0 Å². The molecule has 2 bridgehead atoms. The van der Waals surface area contributed by atoms with Crippen LogP contribution in [0.25, 0.3) is 0 Å². The van der Waals surface area contributed by atoms with E-state index in [1.807, 2.05) is 5.10 Å². The third kappa shape index (κ3) is 1.85. The molecule has 1 fully saturated rings. The highest BCUT2D eigenvalue weighted by Crippen LogP contribution is 2.66. The third-order valence-corrected chi connectivity index (χ3v) is 6.82. The molecule has 0 radical (unpaired) electrons. The van der Waals surface area contributed by atoms with E-state index in [-0.39, 0.29) is 34.4 Å². The zero-order valence-corrected chi connectivity index (χ0v) is 14.7. The van der Waals surface area contributed by atoms with E-state index in [2.05, 4.69) is 25.9 Å². The van der Waals surface area contributed by atoms with Crippen LogP contribution < -0.4 is 5.56 Å². The number of fused-ring (bicyclic) bond motifs is 5. The van der Waals surface area contributed by atoms with Gasteiger partial charge in [0.05, 0.1) is 18.4 Å². The number of nitrogens with zero attached hydrogens (tertiary/aromatic N) is 3. The first-order valence-corrected chi connectivity index (χ1v) is 8.39. The summed E-state index contributed by atoms with van der Waals surface area (Å²) in [5.41, 5.74) is 0.541. The first kappa shape index (κ1) is 16.5. The molecule has 2 aromatic rings. The van der Waals surface area contributed by atoms with E-state index < -0.39 is 11.9 Å². The predicted octanol–water partition coefficient (Wildman–Crippen LogP) is 3.15. The van der Waals surface area contributed by atoms with Crippen molar-refractivity contribution < 1.29 is 13.2 Å². The summed E-state index contributed by atoms with van der Waals surface area (Å²) < 4.78 is 42.4. The summed E-state index contributed by atoms with van der Waals surface area (Å²) in [6.45, 7) is 6.40. The van der Waals surface area contributed by atoms with Gasteiger partial charge in [0.1, 0.15) is 5.69 Å². The summed E-state index contributed by atoms with van der Waals surface area (Å²) >= 11 is 0. The Balaban J connectivity index is 1.84. The zero-order valence-electron chi connectivity index (χ0n) is 14.7. The Morgan fingerprint density at radius 2 is 2.04 bits per heavy atom. The third-order valence-electron chi connectivity index (χ3n) is 6.82. The van der Waals surface area contributed by atoms with Crippen LogP contribution in [0.2, 0.25) is 0 Å². The van der Waals surface area contributed by atoms with Crippen LogP contribution in [0.5, 0.6) is 0 Å². The van der Waals surface area contributed by atoms with Crippen molar-refractivity contribution in [3.05, 3.63) is 39.1 Å². The predicted molar refractivity (Wildman–Crippen MR) is 85.5 cm³/mol. The number of rotatable bonds is 2. The molecule has 0 unspecified atom stereocenters. The van der Waals surface area contributed by atoms with Crippen molar-refractivity contribution >= 4 is 0 Å². The first-order chi connectivity index (χ1) is 11.5. The number of hydrogen-bond acceptors (Lipinski definition) is 2. The van der Waals surface area contributed by atoms with Crippen LogP contribution in [-0.4, -0.2) is 19.6 Å². The number of H-pyrrole nitrogens is 1. The highest BCUT2D eigenvalue weighted by Gasteiger charge is 2.62. The van der Waals surface area contributed by atoms with Crippen molar-refractivity contribution in [1.29, 1.82) is 0 Å². The van der Waals surface area contributed by atoms with Crippen LogP contribution in [0, 0.1) is 5.41 Å². The molecule has 0 spiro atoms. The van der Waals surface area contributed by atoms with E-state index in [9.17, 15) is 18.0 Å². The summed E-state index contributed by atoms with van der Waals surface area (Å²) in [5.74, 6) is 0.166. The summed E-state index contributed by atoms with van der Waals surface area (Å²) in [6, 6.07) is 0. The molecular formula is C17H21F3N4O. The van der Waals surface area contributed by atoms with Crippen molar-refractivity contribution in [3.8, 4) is 0 Å². The van der Waals surface area contributed by atoms with Crippen molar-refractivity contribution in [2.45, 2.75) is 57.7 Å². The fraction of sp³-hybridized carbons (Fsp3) is 0.647. The van der Waals surface area contributed by atoms with Crippen molar-refractivity contribution in [1.82, 2.24) is 19.6 Å². The lowest BCUT2D eigenvalue weighted by Crippen LogP contribution is -2.35. The molecule has 0 saturated heterocycles. The van der Waals surface area contributed by atoms with Crippen LogP contribution in [0.1, 0.15) is 62.0 Å². The number of halogens is 3. The van der Waals surface area contributed by atoms with E-state index in [1.54, 1.807) is 11.7 Å². The molecule has 8 heteroatoms. The summed E-state index contributed by atoms with van der Waals surface area (Å²) in [6.07, 6.45) is -1.42. The molecule has 2 aliphatic carbocycles. The summed E-state index contributed by atoms with van der Waals surface area (Å²) in [5, 5.41) is 5.52. The van der Waals surface area contributed by atoms with Gasteiger partial charge >= 0.3 is 6.18 Å². The summed E-state index contributed by atoms with van der Waals surface area (Å²) in [7, 11) is 1.77. The van der Waals surface area contributed by atoms with E-state index in [1.165, 1.54) is 4.68 Å². The Hall–Kier alpha value is -1.99. The van der Waals surface area contributed by atoms with Gasteiger partial charge in [0.25, 0.3) is 5.56 Å². The SMILES string of the molecule is Cn1c2c(c(=O)n1Cc1cn[nH]c1C(F)(F)F)[C@@H]1CC[C@@]2(C)C1(C)C. The molecule has 0 aliphatic heterocycles. The van der Waals surface area contributed by atoms with Gasteiger partial charge < -0.3 is 0 Å². The van der Waals surface area contributed by atoms with E-state index in [4.69, 9.17) is 0 Å². The maximum atomic E-state index is 13.1. The van der Waals surface area contributed by atoms with E-state index >= 15 is 0 Å². The van der Waals surface area contributed by atoms with Crippen molar-refractivity contribution in [2.75, 3.05) is 0 Å². The van der Waals surface area contributed by atoms with Gasteiger partial charge in [0, 0.05) is 23.6 Å². The average molecular weight is 354 g/mol. The highest BCUT2D eigenvalue weighted by atomic mass is 19.4. The van der Waals surface area contributed by atoms with Gasteiger partial charge in [-0.15, -0.1) is 0 Å². The van der Waals surface area contributed by atoms with Gasteiger partial charge in [-0.1, -0.05) is 20.8 Å². The number of aromatic amines is 1. The Morgan fingerprint density at radius 3 is 2.64 bits per heavy atom. The van der Waals surface area contributed by atoms with Gasteiger partial charge in [0.2, 0.25) is 0 Å². The van der Waals surface area contributed by atoms with Gasteiger partial charge in [-0.25, -0.2) is 4.68 Å². The van der Waals surface area contributed by atoms with E-state index in [0.717, 1.165) is 30.3 Å². The van der Waals surface area contributed by atoms with Gasteiger partial charge in [-0.2, -0.15) is 18.3 Å². The lowest BCUT2D eigenvalue weighted by Gasteiger charge is -2.36. The number of aromatic nitrogens is 4. The monoisotopic (exact) mass is 354 g/mol. The van der Waals surface area contributed by atoms with Crippen LogP contribution in [-0.2, 0) is 25.2 Å². The molecule has 1 saturated carbocycles. The number of nitrogens with one attached hydrogen (secondary N) is 1. The molecular weight excluding hydrogens is 333 g/mol. The van der Waals surface area contributed by atoms with Crippen LogP contribution in [0.3, 0.4) is 0 Å². The van der Waals surface area contributed by atoms with Crippen molar-refractivity contribution in [3.63, 3.8) is 0 Å². The average Bonchev–Trinajstić information content (AvgIpc) is 3.16. The Bertz CT molecular complexity index is 917. The molecule has 25 heavy (non-hydrogen) atoms. The second-order valence-corrected chi connectivity index (χ2v) is 8.06. The molecule has 5 nitrogen and oxygen atoms in total. The molecule has 2 aliphatic rings. The number of hydrogen-bond donors (Lipinski definition) is 1. The molecule has 0 aromatic carbocycles. The highest BCUT2D eigenvalue weighted by molar-refractivity contribution is 5.45. The standard InChI is InChI=1S/C17H21F3N4O/c1-15(2)10-5-6-16(15,3)13-11(10)14(25)24(23(13)4)8-9-7-21-22-12(9)17(18,19)20/h7,10H,5-6,8H2,1-4H3,(H,21,22)/t10-,16+/m0/s1. The molecule has 4 rings (SSSR count). The molecule has 1 N–H and O–H groups in total. The minimum Gasteiger partial charge on any atom is -0.289 e. The fourth-order valence-electron chi connectivity index (χ4n) is 5.08. The normalized spacial score (nSPS) is 27.1. The second-order valence-electron chi connectivity index (χ2n) is 8.06. The van der Waals surface area contributed by atoms with Gasteiger partial charge in [0.15, 0.2) is 0 Å². The lowest BCUT2D eigenvalue weighted by molar-refractivity contribution is -0.141. The quantitative estimate of drug-likeness (QED) is 0.901. The molecule has 2 aromatic heterocycles. The molecule has 2 atom stereocenters. The lowest BCUT2D eigenvalue weighted by atomic mass is 9.70. The number of alkyl halides is 3. The maximum Gasteiger partial charge on any atom is 0.433 e. The first-order valence-electron chi connectivity index (χ1n) is 8.39. The van der Waals surface area contributed by atoms with Gasteiger partial charge in [-0.3, -0.25) is 14.6 Å². The Kier molecular flexibility index (Phi) is 3.02. The summed E-state index contributed by atoms with van der Waals surface area (Å²) in [4.78, 5) is 13.0. The second kappa shape index (κ2) is 4.59. The minimum absolute atomic E-state index is 0.0134. The Morgan fingerprint density at radius 1 is 1.36 bits per heavy atom. The fourth-order valence-corrected chi connectivity index (χ4v) is 5.08. The minimum atomic E-state index is -4.52. The topological polar surface area (TPSA) is 55.6 Å². The largest absolute Gasteiger partial charge is 0.433 e. The molecule has 0 amide bonds. The van der Waals surface area contributed by atoms with Gasteiger partial charge in [-0.05, 0) is 24.2 Å². The Labute approximate surface area is 142 Å². The molecule has 2 heterocycles. The van der Waals surface area contributed by atoms with Crippen LogP contribution in [0.4, 0.5) is 13.2 Å².